The number of rotatable bonds is 2. The molecular weight excluding hydrogens is 302 g/mol. The van der Waals surface area contributed by atoms with Crippen LogP contribution >= 0.6 is 0 Å². The van der Waals surface area contributed by atoms with Crippen LogP contribution in [0, 0.1) is 0 Å². The molecule has 1 aromatic rings. The lowest BCUT2D eigenvalue weighted by Gasteiger charge is -2.08. The molecule has 0 bridgehead atoms. The zero-order chi connectivity index (χ0) is 16.6. The molecule has 130 valence electrons. The first-order valence-electron chi connectivity index (χ1n) is 9.17. The molecule has 2 fully saturated rings. The van der Waals surface area contributed by atoms with E-state index in [0.29, 0.717) is 6.10 Å². The van der Waals surface area contributed by atoms with Crippen molar-refractivity contribution in [2.75, 3.05) is 5.32 Å². The van der Waals surface area contributed by atoms with Gasteiger partial charge in [0.1, 0.15) is 6.10 Å². The summed E-state index contributed by atoms with van der Waals surface area (Å²) in [4.78, 5) is 12.0. The van der Waals surface area contributed by atoms with Gasteiger partial charge in [0.2, 0.25) is 0 Å². The first kappa shape index (κ1) is 17.0. The summed E-state index contributed by atoms with van der Waals surface area (Å²) in [6.45, 7) is 0. The first-order chi connectivity index (χ1) is 11.8. The number of carbonyl (C=O) groups excluding carboxylic acids is 1. The van der Waals surface area contributed by atoms with Crippen LogP contribution in [0.5, 0.6) is 0 Å². The second kappa shape index (κ2) is 8.83. The molecule has 0 spiro atoms. The van der Waals surface area contributed by atoms with Gasteiger partial charge in [-0.1, -0.05) is 56.7 Å². The Morgan fingerprint density at radius 2 is 1.71 bits per heavy atom. The van der Waals surface area contributed by atoms with E-state index in [1.807, 2.05) is 30.3 Å². The fourth-order valence-corrected chi connectivity index (χ4v) is 3.26. The quantitative estimate of drug-likeness (QED) is 0.621. The number of hydrogen-bond donors (Lipinski definition) is 2. The molecule has 2 N–H and O–H groups in total. The Hall–Kier alpha value is -1.88. The molecule has 1 aromatic carbocycles. The van der Waals surface area contributed by atoms with E-state index in [1.165, 1.54) is 38.5 Å². The molecule has 1 heterocycles. The van der Waals surface area contributed by atoms with Gasteiger partial charge < -0.3 is 10.1 Å². The van der Waals surface area contributed by atoms with Gasteiger partial charge in [0.05, 0.1) is 11.8 Å². The highest BCUT2D eigenvalue weighted by atomic mass is 16.6. The maximum absolute atomic E-state index is 12.0. The molecule has 5 nitrogen and oxygen atoms in total. The molecule has 2 unspecified atom stereocenters. The molecule has 0 radical (unpaired) electrons. The van der Waals surface area contributed by atoms with E-state index < -0.39 is 0 Å². The van der Waals surface area contributed by atoms with Gasteiger partial charge in [0, 0.05) is 5.69 Å². The number of ether oxygens (including phenoxy) is 1. The molecule has 3 rings (SSSR count). The molecule has 2 aliphatic rings. The zero-order valence-electron chi connectivity index (χ0n) is 14.2. The lowest BCUT2D eigenvalue weighted by Crippen LogP contribution is -2.27. The lowest BCUT2D eigenvalue weighted by molar-refractivity contribution is 0.252. The molecular formula is C19H27N3O2. The number of nitrogens with one attached hydrogen (secondary N) is 2. The average Bonchev–Trinajstić information content (AvgIpc) is 3.34. The number of nitrogens with zero attached hydrogens (tertiary/aromatic N) is 1. The molecule has 0 aromatic heterocycles. The number of benzene rings is 1. The monoisotopic (exact) mass is 329 g/mol. The SMILES string of the molecule is O=C(NN=C1CCCCCCCCCC2OC12)Nc1ccccc1. The molecule has 1 saturated heterocycles. The second-order valence-electron chi connectivity index (χ2n) is 6.64. The van der Waals surface area contributed by atoms with Crippen LogP contribution in [0.15, 0.2) is 35.4 Å². The summed E-state index contributed by atoms with van der Waals surface area (Å²) < 4.78 is 5.79. The van der Waals surface area contributed by atoms with E-state index in [1.54, 1.807) is 0 Å². The van der Waals surface area contributed by atoms with Gasteiger partial charge in [0.15, 0.2) is 0 Å². The van der Waals surface area contributed by atoms with Crippen LogP contribution in [-0.2, 0) is 4.74 Å². The molecule has 2 amide bonds. The smallest absolute Gasteiger partial charge is 0.339 e. The third-order valence-electron chi connectivity index (χ3n) is 4.67. The van der Waals surface area contributed by atoms with Crippen LogP contribution in [0.1, 0.15) is 57.8 Å². The van der Waals surface area contributed by atoms with E-state index in [0.717, 1.165) is 30.7 Å². The predicted molar refractivity (Wildman–Crippen MR) is 96.2 cm³/mol. The summed E-state index contributed by atoms with van der Waals surface area (Å²) in [6, 6.07) is 9.08. The Bertz CT molecular complexity index is 559. The van der Waals surface area contributed by atoms with Gasteiger partial charge in [-0.3, -0.25) is 0 Å². The normalized spacial score (nSPS) is 26.6. The van der Waals surface area contributed by atoms with Crippen LogP contribution < -0.4 is 10.7 Å². The van der Waals surface area contributed by atoms with Crippen molar-refractivity contribution in [3.8, 4) is 0 Å². The van der Waals surface area contributed by atoms with E-state index in [-0.39, 0.29) is 12.1 Å². The fraction of sp³-hybridized carbons (Fsp3) is 0.579. The Labute approximate surface area is 143 Å². The number of carbonyl (C=O) groups is 1. The number of anilines is 1. The number of fused-ring (bicyclic) bond motifs is 1. The maximum Gasteiger partial charge on any atom is 0.339 e. The highest BCUT2D eigenvalue weighted by Gasteiger charge is 2.42. The molecule has 1 aliphatic heterocycles. The second-order valence-corrected chi connectivity index (χ2v) is 6.64. The Morgan fingerprint density at radius 1 is 1.00 bits per heavy atom. The minimum absolute atomic E-state index is 0.112. The van der Waals surface area contributed by atoms with E-state index in [2.05, 4.69) is 15.8 Å². The minimum Gasteiger partial charge on any atom is -0.363 e. The standard InChI is InChI=1S/C19H27N3O2/c23-19(20-15-11-7-6-8-12-15)22-21-16-13-9-4-2-1-3-5-10-14-17-18(16)24-17/h6-8,11-12,17-18H,1-5,9-10,13-14H2,(H2,20,22,23). The van der Waals surface area contributed by atoms with E-state index in [4.69, 9.17) is 4.74 Å². The van der Waals surface area contributed by atoms with Gasteiger partial charge in [-0.15, -0.1) is 0 Å². The topological polar surface area (TPSA) is 66.0 Å². The third-order valence-corrected chi connectivity index (χ3v) is 4.67. The molecule has 1 aliphatic carbocycles. The van der Waals surface area contributed by atoms with Crippen molar-refractivity contribution in [3.05, 3.63) is 30.3 Å². The van der Waals surface area contributed by atoms with Crippen LogP contribution in [0.3, 0.4) is 0 Å². The van der Waals surface area contributed by atoms with Crippen molar-refractivity contribution in [2.45, 2.75) is 70.0 Å². The Kier molecular flexibility index (Phi) is 6.24. The van der Waals surface area contributed by atoms with E-state index in [9.17, 15) is 4.79 Å². The fourth-order valence-electron chi connectivity index (χ4n) is 3.26. The number of urea groups is 1. The largest absolute Gasteiger partial charge is 0.363 e. The summed E-state index contributed by atoms with van der Waals surface area (Å²) in [5, 5.41) is 7.14. The molecule has 2 atom stereocenters. The van der Waals surface area contributed by atoms with E-state index >= 15 is 0 Å². The van der Waals surface area contributed by atoms with Crippen molar-refractivity contribution in [2.24, 2.45) is 5.10 Å². The summed E-state index contributed by atoms with van der Waals surface area (Å²) in [6.07, 6.45) is 11.3. The number of epoxide rings is 1. The van der Waals surface area contributed by atoms with Gasteiger partial charge in [-0.05, 0) is 31.4 Å². The summed E-state index contributed by atoms with van der Waals surface area (Å²) in [5.41, 5.74) is 4.38. The first-order valence-corrected chi connectivity index (χ1v) is 9.17. The van der Waals surface area contributed by atoms with Gasteiger partial charge >= 0.3 is 6.03 Å². The highest BCUT2D eigenvalue weighted by Crippen LogP contribution is 2.31. The van der Waals surface area contributed by atoms with Crippen LogP contribution in [0.4, 0.5) is 10.5 Å². The number of para-hydroxylation sites is 1. The van der Waals surface area contributed by atoms with Crippen molar-refractivity contribution >= 4 is 17.4 Å². The lowest BCUT2D eigenvalue weighted by atomic mass is 10.00. The van der Waals surface area contributed by atoms with Crippen molar-refractivity contribution in [1.29, 1.82) is 0 Å². The Balaban J connectivity index is 1.53. The van der Waals surface area contributed by atoms with Crippen LogP contribution in [-0.4, -0.2) is 24.0 Å². The maximum atomic E-state index is 12.0. The van der Waals surface area contributed by atoms with Crippen molar-refractivity contribution < 1.29 is 9.53 Å². The zero-order valence-corrected chi connectivity index (χ0v) is 14.2. The van der Waals surface area contributed by atoms with Crippen molar-refractivity contribution in [1.82, 2.24) is 5.43 Å². The molecule has 24 heavy (non-hydrogen) atoms. The minimum atomic E-state index is -0.308. The van der Waals surface area contributed by atoms with Crippen molar-refractivity contribution in [3.63, 3.8) is 0 Å². The Morgan fingerprint density at radius 3 is 2.50 bits per heavy atom. The van der Waals surface area contributed by atoms with Gasteiger partial charge in [0.25, 0.3) is 0 Å². The summed E-state index contributed by atoms with van der Waals surface area (Å²) in [7, 11) is 0. The predicted octanol–water partition coefficient (Wildman–Crippen LogP) is 4.46. The van der Waals surface area contributed by atoms with Crippen LogP contribution in [0.25, 0.3) is 0 Å². The summed E-state index contributed by atoms with van der Waals surface area (Å²) >= 11 is 0. The highest BCUT2D eigenvalue weighted by molar-refractivity contribution is 5.94. The number of amides is 2. The van der Waals surface area contributed by atoms with Gasteiger partial charge in [-0.25, -0.2) is 10.2 Å². The molecule has 1 saturated carbocycles. The third kappa shape index (κ3) is 5.34. The van der Waals surface area contributed by atoms with Crippen LogP contribution in [0.2, 0.25) is 0 Å². The number of hydrazone groups is 1. The average molecular weight is 329 g/mol. The summed E-state index contributed by atoms with van der Waals surface area (Å²) in [5.74, 6) is 0. The number of hydrogen-bond acceptors (Lipinski definition) is 3. The van der Waals surface area contributed by atoms with Gasteiger partial charge in [-0.2, -0.15) is 5.10 Å². The molecule has 5 heteroatoms.